The first-order valence-electron chi connectivity index (χ1n) is 6.63. The number of anilines is 1. The summed E-state index contributed by atoms with van der Waals surface area (Å²) in [5.41, 5.74) is 4.67. The number of amides is 1. The number of hydrogen-bond donors (Lipinski definition) is 1. The molecule has 5 nitrogen and oxygen atoms in total. The first-order chi connectivity index (χ1) is 9.50. The van der Waals surface area contributed by atoms with Gasteiger partial charge in [0.15, 0.2) is 0 Å². The van der Waals surface area contributed by atoms with Crippen molar-refractivity contribution in [2.45, 2.75) is 20.0 Å². The van der Waals surface area contributed by atoms with Gasteiger partial charge >= 0.3 is 0 Å². The second-order valence-electron chi connectivity index (χ2n) is 5.22. The first kappa shape index (κ1) is 12.7. The van der Waals surface area contributed by atoms with Crippen molar-refractivity contribution in [3.63, 3.8) is 0 Å². The van der Waals surface area contributed by atoms with E-state index in [9.17, 15) is 4.79 Å². The highest BCUT2D eigenvalue weighted by Gasteiger charge is 2.33. The topological polar surface area (TPSA) is 50.2 Å². The van der Waals surface area contributed by atoms with Crippen molar-refractivity contribution >= 4 is 11.6 Å². The molecule has 104 valence electrons. The highest BCUT2D eigenvalue weighted by Crippen LogP contribution is 2.34. The molecule has 5 heteroatoms. The average molecular weight is 270 g/mol. The van der Waals surface area contributed by atoms with E-state index in [2.05, 4.69) is 10.4 Å². The standard InChI is InChI=1S/C15H18N4O/c1-9-13(10(2)19(4)17-9)14-16-12-8-6-5-7-11(12)15(20)18(14)3/h5-8,14,16H,1-4H3. The van der Waals surface area contributed by atoms with Gasteiger partial charge < -0.3 is 10.2 Å². The SMILES string of the molecule is Cc1nn(C)c(C)c1C1Nc2ccccc2C(=O)N1C. The van der Waals surface area contributed by atoms with Crippen LogP contribution in [0.3, 0.4) is 0 Å². The fourth-order valence-corrected chi connectivity index (χ4v) is 2.80. The van der Waals surface area contributed by atoms with Crippen LogP contribution < -0.4 is 5.32 Å². The van der Waals surface area contributed by atoms with Crippen LogP contribution in [-0.2, 0) is 7.05 Å². The lowest BCUT2D eigenvalue weighted by molar-refractivity contribution is 0.0735. The molecular weight excluding hydrogens is 252 g/mol. The smallest absolute Gasteiger partial charge is 0.257 e. The maximum Gasteiger partial charge on any atom is 0.257 e. The average Bonchev–Trinajstić information content (AvgIpc) is 2.68. The predicted octanol–water partition coefficient (Wildman–Crippen LogP) is 2.23. The summed E-state index contributed by atoms with van der Waals surface area (Å²) in [6.07, 6.45) is -0.175. The van der Waals surface area contributed by atoms with E-state index in [-0.39, 0.29) is 12.1 Å². The largest absolute Gasteiger partial charge is 0.361 e. The number of fused-ring (bicyclic) bond motifs is 1. The van der Waals surface area contributed by atoms with E-state index < -0.39 is 0 Å². The summed E-state index contributed by atoms with van der Waals surface area (Å²) in [6.45, 7) is 4.00. The number of rotatable bonds is 1. The summed E-state index contributed by atoms with van der Waals surface area (Å²) >= 11 is 0. The van der Waals surface area contributed by atoms with E-state index in [4.69, 9.17) is 0 Å². The maximum absolute atomic E-state index is 12.5. The van der Waals surface area contributed by atoms with Gasteiger partial charge in [0, 0.05) is 31.0 Å². The highest BCUT2D eigenvalue weighted by atomic mass is 16.2. The lowest BCUT2D eigenvalue weighted by Crippen LogP contribution is -2.40. The van der Waals surface area contributed by atoms with Gasteiger partial charge in [-0.15, -0.1) is 0 Å². The summed E-state index contributed by atoms with van der Waals surface area (Å²) in [4.78, 5) is 14.2. The van der Waals surface area contributed by atoms with Gasteiger partial charge in [0.2, 0.25) is 0 Å². The minimum Gasteiger partial charge on any atom is -0.361 e. The molecule has 1 unspecified atom stereocenters. The van der Waals surface area contributed by atoms with Gasteiger partial charge in [-0.2, -0.15) is 5.10 Å². The van der Waals surface area contributed by atoms with E-state index >= 15 is 0 Å². The fourth-order valence-electron chi connectivity index (χ4n) is 2.80. The number of para-hydroxylation sites is 1. The molecule has 0 saturated carbocycles. The Balaban J connectivity index is 2.11. The van der Waals surface area contributed by atoms with Gasteiger partial charge in [-0.05, 0) is 26.0 Å². The number of benzene rings is 1. The van der Waals surface area contributed by atoms with Crippen LogP contribution in [0.2, 0.25) is 0 Å². The quantitative estimate of drug-likeness (QED) is 0.864. The molecule has 1 aromatic carbocycles. The number of hydrogen-bond acceptors (Lipinski definition) is 3. The van der Waals surface area contributed by atoms with Crippen molar-refractivity contribution in [1.29, 1.82) is 0 Å². The Hall–Kier alpha value is -2.30. The van der Waals surface area contributed by atoms with E-state index in [0.29, 0.717) is 5.56 Å². The number of carbonyl (C=O) groups is 1. The molecule has 1 aliphatic rings. The molecule has 0 spiro atoms. The second kappa shape index (κ2) is 4.37. The van der Waals surface area contributed by atoms with Crippen LogP contribution in [0.4, 0.5) is 5.69 Å². The summed E-state index contributed by atoms with van der Waals surface area (Å²) in [5, 5.41) is 7.88. The van der Waals surface area contributed by atoms with E-state index in [1.54, 1.807) is 4.90 Å². The van der Waals surface area contributed by atoms with Crippen LogP contribution in [0, 0.1) is 13.8 Å². The summed E-state index contributed by atoms with van der Waals surface area (Å²) in [7, 11) is 3.74. The van der Waals surface area contributed by atoms with Crippen molar-refractivity contribution in [1.82, 2.24) is 14.7 Å². The van der Waals surface area contributed by atoms with Crippen LogP contribution in [0.5, 0.6) is 0 Å². The zero-order valence-electron chi connectivity index (χ0n) is 12.1. The van der Waals surface area contributed by atoms with Crippen LogP contribution in [0.15, 0.2) is 24.3 Å². The third-order valence-corrected chi connectivity index (χ3v) is 4.00. The van der Waals surface area contributed by atoms with E-state index in [1.807, 2.05) is 56.9 Å². The molecule has 0 fully saturated rings. The van der Waals surface area contributed by atoms with Gasteiger partial charge in [0.25, 0.3) is 5.91 Å². The van der Waals surface area contributed by atoms with Gasteiger partial charge in [0.1, 0.15) is 6.17 Å². The molecular formula is C15H18N4O. The molecule has 2 heterocycles. The second-order valence-corrected chi connectivity index (χ2v) is 5.22. The molecule has 0 bridgehead atoms. The lowest BCUT2D eigenvalue weighted by Gasteiger charge is -2.35. The molecule has 0 saturated heterocycles. The number of nitrogens with one attached hydrogen (secondary N) is 1. The lowest BCUT2D eigenvalue weighted by atomic mass is 10.0. The normalized spacial score (nSPS) is 17.9. The van der Waals surface area contributed by atoms with Crippen molar-refractivity contribution in [2.75, 3.05) is 12.4 Å². The molecule has 0 aliphatic carbocycles. The molecule has 2 aromatic rings. The zero-order valence-corrected chi connectivity index (χ0v) is 12.1. The number of carbonyl (C=O) groups excluding carboxylic acids is 1. The van der Waals surface area contributed by atoms with Crippen molar-refractivity contribution < 1.29 is 4.79 Å². The van der Waals surface area contributed by atoms with Crippen LogP contribution >= 0.6 is 0 Å². The molecule has 20 heavy (non-hydrogen) atoms. The third-order valence-electron chi connectivity index (χ3n) is 4.00. The van der Waals surface area contributed by atoms with Gasteiger partial charge in [-0.3, -0.25) is 9.48 Å². The van der Waals surface area contributed by atoms with E-state index in [1.165, 1.54) is 0 Å². The Labute approximate surface area is 118 Å². The number of aromatic nitrogens is 2. The van der Waals surface area contributed by atoms with Crippen LogP contribution in [-0.4, -0.2) is 27.6 Å². The molecule has 1 amide bonds. The Kier molecular flexibility index (Phi) is 2.78. The van der Waals surface area contributed by atoms with Crippen LogP contribution in [0.25, 0.3) is 0 Å². The van der Waals surface area contributed by atoms with Crippen LogP contribution in [0.1, 0.15) is 33.5 Å². The summed E-state index contributed by atoms with van der Waals surface area (Å²) in [6, 6.07) is 7.60. The Morgan fingerprint density at radius 3 is 2.55 bits per heavy atom. The minimum absolute atomic E-state index is 0.0343. The Morgan fingerprint density at radius 2 is 1.90 bits per heavy atom. The fraction of sp³-hybridized carbons (Fsp3) is 0.333. The molecule has 1 N–H and O–H groups in total. The first-order valence-corrected chi connectivity index (χ1v) is 6.63. The van der Waals surface area contributed by atoms with Gasteiger partial charge in [-0.1, -0.05) is 12.1 Å². The molecule has 3 rings (SSSR count). The highest BCUT2D eigenvalue weighted by molar-refractivity contribution is 6.01. The van der Waals surface area contributed by atoms with Gasteiger partial charge in [-0.25, -0.2) is 0 Å². The molecule has 0 radical (unpaired) electrons. The van der Waals surface area contributed by atoms with Crippen molar-refractivity contribution in [3.8, 4) is 0 Å². The van der Waals surface area contributed by atoms with Gasteiger partial charge in [0.05, 0.1) is 11.3 Å². The Morgan fingerprint density at radius 1 is 1.20 bits per heavy atom. The zero-order chi connectivity index (χ0) is 14.4. The number of aryl methyl sites for hydroxylation is 2. The Bertz CT molecular complexity index is 689. The van der Waals surface area contributed by atoms with E-state index in [0.717, 1.165) is 22.6 Å². The molecule has 1 atom stereocenters. The summed E-state index contributed by atoms with van der Waals surface area (Å²) in [5.74, 6) is 0.0343. The summed E-state index contributed by atoms with van der Waals surface area (Å²) < 4.78 is 1.85. The monoisotopic (exact) mass is 270 g/mol. The van der Waals surface area contributed by atoms with Crippen molar-refractivity contribution in [2.24, 2.45) is 7.05 Å². The third kappa shape index (κ3) is 1.70. The molecule has 1 aromatic heterocycles. The molecule has 1 aliphatic heterocycles. The predicted molar refractivity (Wildman–Crippen MR) is 77.6 cm³/mol. The maximum atomic E-state index is 12.5. The number of nitrogens with zero attached hydrogens (tertiary/aromatic N) is 3. The van der Waals surface area contributed by atoms with Crippen molar-refractivity contribution in [3.05, 3.63) is 46.8 Å². The minimum atomic E-state index is -0.175.